The maximum atomic E-state index is 13.0. The SMILES string of the molecule is NN1CC[C@@](Cc2ccccc2)(c2ccc3ccccc3c2)C1=O. The minimum absolute atomic E-state index is 0.0154. The van der Waals surface area contributed by atoms with E-state index in [1.54, 1.807) is 0 Å². The fourth-order valence-corrected chi connectivity index (χ4v) is 3.76. The fourth-order valence-electron chi connectivity index (χ4n) is 3.76. The van der Waals surface area contributed by atoms with Crippen molar-refractivity contribution in [3.8, 4) is 0 Å². The average Bonchev–Trinajstić information content (AvgIpc) is 2.92. The molecule has 3 nitrogen and oxygen atoms in total. The van der Waals surface area contributed by atoms with Gasteiger partial charge in [0.05, 0.1) is 5.41 Å². The predicted molar refractivity (Wildman–Crippen MR) is 96.3 cm³/mol. The first-order chi connectivity index (χ1) is 11.7. The summed E-state index contributed by atoms with van der Waals surface area (Å²) in [4.78, 5) is 13.0. The average molecular weight is 316 g/mol. The highest BCUT2D eigenvalue weighted by Gasteiger charge is 2.47. The minimum Gasteiger partial charge on any atom is -0.280 e. The third-order valence-electron chi connectivity index (χ3n) is 5.10. The van der Waals surface area contributed by atoms with Crippen molar-refractivity contribution in [2.75, 3.05) is 6.54 Å². The van der Waals surface area contributed by atoms with E-state index in [-0.39, 0.29) is 5.91 Å². The molecule has 1 heterocycles. The lowest BCUT2D eigenvalue weighted by molar-refractivity contribution is -0.132. The molecule has 2 N–H and O–H groups in total. The van der Waals surface area contributed by atoms with Crippen LogP contribution < -0.4 is 5.84 Å². The van der Waals surface area contributed by atoms with Crippen molar-refractivity contribution in [1.82, 2.24) is 5.01 Å². The van der Waals surface area contributed by atoms with E-state index in [0.717, 1.165) is 22.9 Å². The van der Waals surface area contributed by atoms with Gasteiger partial charge in [0.15, 0.2) is 0 Å². The summed E-state index contributed by atoms with van der Waals surface area (Å²) < 4.78 is 0. The van der Waals surface area contributed by atoms with Crippen LogP contribution in [0.5, 0.6) is 0 Å². The second kappa shape index (κ2) is 5.77. The van der Waals surface area contributed by atoms with Crippen molar-refractivity contribution >= 4 is 16.7 Å². The van der Waals surface area contributed by atoms with Gasteiger partial charge in [-0.05, 0) is 34.7 Å². The number of amides is 1. The maximum Gasteiger partial charge on any atom is 0.247 e. The molecule has 1 aliphatic rings. The van der Waals surface area contributed by atoms with E-state index >= 15 is 0 Å². The second-order valence-electron chi connectivity index (χ2n) is 6.55. The Bertz CT molecular complexity index is 890. The van der Waals surface area contributed by atoms with Crippen LogP contribution in [0.25, 0.3) is 10.8 Å². The van der Waals surface area contributed by atoms with E-state index in [0.29, 0.717) is 13.0 Å². The number of carbonyl (C=O) groups excluding carboxylic acids is 1. The van der Waals surface area contributed by atoms with Crippen molar-refractivity contribution in [3.05, 3.63) is 83.9 Å². The number of hydrazine groups is 1. The number of nitrogens with two attached hydrogens (primary N) is 1. The van der Waals surface area contributed by atoms with Gasteiger partial charge >= 0.3 is 0 Å². The topological polar surface area (TPSA) is 46.3 Å². The number of hydrogen-bond donors (Lipinski definition) is 1. The maximum absolute atomic E-state index is 13.0. The van der Waals surface area contributed by atoms with Crippen LogP contribution in [0.2, 0.25) is 0 Å². The van der Waals surface area contributed by atoms with E-state index in [4.69, 9.17) is 5.84 Å². The van der Waals surface area contributed by atoms with E-state index in [2.05, 4.69) is 42.5 Å². The number of benzene rings is 3. The summed E-state index contributed by atoms with van der Waals surface area (Å²) in [6, 6.07) is 24.8. The Kier molecular flexibility index (Phi) is 3.58. The Labute approximate surface area is 141 Å². The number of hydrogen-bond acceptors (Lipinski definition) is 2. The van der Waals surface area contributed by atoms with Gasteiger partial charge < -0.3 is 0 Å². The molecule has 1 atom stereocenters. The molecule has 0 aliphatic carbocycles. The zero-order valence-corrected chi connectivity index (χ0v) is 13.5. The largest absolute Gasteiger partial charge is 0.280 e. The molecule has 0 radical (unpaired) electrons. The van der Waals surface area contributed by atoms with Crippen LogP contribution in [0.3, 0.4) is 0 Å². The van der Waals surface area contributed by atoms with Crippen molar-refractivity contribution in [2.24, 2.45) is 5.84 Å². The first-order valence-corrected chi connectivity index (χ1v) is 8.29. The molecule has 1 aliphatic heterocycles. The lowest BCUT2D eigenvalue weighted by atomic mass is 9.74. The Morgan fingerprint density at radius 3 is 2.33 bits per heavy atom. The van der Waals surface area contributed by atoms with Crippen molar-refractivity contribution in [1.29, 1.82) is 0 Å². The number of carbonyl (C=O) groups is 1. The third kappa shape index (κ3) is 2.38. The number of nitrogens with zero attached hydrogens (tertiary/aromatic N) is 1. The highest BCUT2D eigenvalue weighted by molar-refractivity contribution is 5.92. The molecule has 3 aromatic carbocycles. The van der Waals surface area contributed by atoms with E-state index in [1.165, 1.54) is 10.4 Å². The third-order valence-corrected chi connectivity index (χ3v) is 5.10. The van der Waals surface area contributed by atoms with Crippen molar-refractivity contribution in [2.45, 2.75) is 18.3 Å². The lowest BCUT2D eigenvalue weighted by Gasteiger charge is -2.28. The van der Waals surface area contributed by atoms with Gasteiger partial charge in [-0.2, -0.15) is 0 Å². The Morgan fingerprint density at radius 1 is 0.917 bits per heavy atom. The molecule has 0 aromatic heterocycles. The lowest BCUT2D eigenvalue weighted by Crippen LogP contribution is -2.42. The summed E-state index contributed by atoms with van der Waals surface area (Å²) >= 11 is 0. The molecule has 0 unspecified atom stereocenters. The fraction of sp³-hybridized carbons (Fsp3) is 0.190. The molecule has 0 saturated carbocycles. The second-order valence-corrected chi connectivity index (χ2v) is 6.55. The Balaban J connectivity index is 1.84. The van der Waals surface area contributed by atoms with Crippen LogP contribution in [-0.4, -0.2) is 17.5 Å². The van der Waals surface area contributed by atoms with Crippen LogP contribution in [0.4, 0.5) is 0 Å². The number of rotatable bonds is 3. The molecule has 1 saturated heterocycles. The molecular formula is C21H20N2O. The first-order valence-electron chi connectivity index (χ1n) is 8.29. The number of fused-ring (bicyclic) bond motifs is 1. The van der Waals surface area contributed by atoms with Gasteiger partial charge in [0.25, 0.3) is 0 Å². The van der Waals surface area contributed by atoms with Crippen LogP contribution in [0.1, 0.15) is 17.5 Å². The van der Waals surface area contributed by atoms with Gasteiger partial charge in [0.1, 0.15) is 0 Å². The van der Waals surface area contributed by atoms with Gasteiger partial charge in [0.2, 0.25) is 5.91 Å². The minimum atomic E-state index is -0.569. The van der Waals surface area contributed by atoms with Gasteiger partial charge in [-0.3, -0.25) is 9.80 Å². The molecule has 0 bridgehead atoms. The van der Waals surface area contributed by atoms with Crippen molar-refractivity contribution < 1.29 is 4.79 Å². The summed E-state index contributed by atoms with van der Waals surface area (Å²) in [5.74, 6) is 5.96. The van der Waals surface area contributed by atoms with E-state index in [1.807, 2.05) is 30.3 Å². The van der Waals surface area contributed by atoms with Crippen LogP contribution in [0, 0.1) is 0 Å². The smallest absolute Gasteiger partial charge is 0.247 e. The summed E-state index contributed by atoms with van der Waals surface area (Å²) in [6.45, 7) is 0.596. The van der Waals surface area contributed by atoms with Crippen LogP contribution in [0.15, 0.2) is 72.8 Å². The van der Waals surface area contributed by atoms with Gasteiger partial charge in [0, 0.05) is 6.54 Å². The summed E-state index contributed by atoms with van der Waals surface area (Å²) in [5.41, 5.74) is 1.65. The molecule has 1 fully saturated rings. The van der Waals surface area contributed by atoms with Crippen molar-refractivity contribution in [3.63, 3.8) is 0 Å². The van der Waals surface area contributed by atoms with Crippen LogP contribution >= 0.6 is 0 Å². The quantitative estimate of drug-likeness (QED) is 0.594. The summed E-state index contributed by atoms with van der Waals surface area (Å²) in [7, 11) is 0. The van der Waals surface area contributed by atoms with E-state index < -0.39 is 5.41 Å². The molecular weight excluding hydrogens is 296 g/mol. The van der Waals surface area contributed by atoms with Gasteiger partial charge in [-0.1, -0.05) is 72.8 Å². The van der Waals surface area contributed by atoms with Crippen LogP contribution in [-0.2, 0) is 16.6 Å². The molecule has 3 aromatic rings. The monoisotopic (exact) mass is 316 g/mol. The van der Waals surface area contributed by atoms with E-state index in [9.17, 15) is 4.79 Å². The first kappa shape index (κ1) is 14.9. The molecule has 1 amide bonds. The normalized spacial score (nSPS) is 20.7. The molecule has 0 spiro atoms. The highest BCUT2D eigenvalue weighted by Crippen LogP contribution is 2.39. The summed E-state index contributed by atoms with van der Waals surface area (Å²) in [5, 5.41) is 3.72. The molecule has 4 rings (SSSR count). The highest BCUT2D eigenvalue weighted by atomic mass is 16.2. The Hall–Kier alpha value is -2.65. The summed E-state index contributed by atoms with van der Waals surface area (Å²) in [6.07, 6.45) is 1.42. The van der Waals surface area contributed by atoms with Gasteiger partial charge in [-0.25, -0.2) is 5.84 Å². The molecule has 24 heavy (non-hydrogen) atoms. The predicted octanol–water partition coefficient (Wildman–Crippen LogP) is 3.43. The van der Waals surface area contributed by atoms with Gasteiger partial charge in [-0.15, -0.1) is 0 Å². The zero-order valence-electron chi connectivity index (χ0n) is 13.5. The Morgan fingerprint density at radius 2 is 1.62 bits per heavy atom. The zero-order chi connectivity index (χ0) is 16.6. The molecule has 120 valence electrons. The molecule has 3 heteroatoms. The standard InChI is InChI=1S/C21H20N2O/c22-23-13-12-21(20(23)24,15-16-6-2-1-3-7-16)19-11-10-17-8-4-5-9-18(17)14-19/h1-11,14H,12-13,15,22H2/t21-/m1/s1.